The Hall–Kier alpha value is -1.39. The lowest BCUT2D eigenvalue weighted by Crippen LogP contribution is -2.71. The minimum Gasteiger partial charge on any atom is -0.338 e. The van der Waals surface area contributed by atoms with Crippen LogP contribution in [-0.2, 0) is 4.74 Å². The zero-order valence-electron chi connectivity index (χ0n) is 24.1. The van der Waals surface area contributed by atoms with E-state index in [9.17, 15) is 26.3 Å². The zero-order chi connectivity index (χ0) is 30.0. The van der Waals surface area contributed by atoms with Gasteiger partial charge in [0, 0.05) is 38.6 Å². The molecule has 2 saturated carbocycles. The predicted octanol–water partition coefficient (Wildman–Crippen LogP) is 2.27. The maximum Gasteiger partial charge on any atom is 0.522 e. The molecule has 9 nitrogen and oxygen atoms in total. The molecule has 0 amide bonds. The molecular formula is C27H44F6N8O. The lowest BCUT2D eigenvalue weighted by molar-refractivity contribution is -0.353. The van der Waals surface area contributed by atoms with Gasteiger partial charge in [-0.3, -0.25) is 31.0 Å². The third kappa shape index (κ3) is 6.23. The van der Waals surface area contributed by atoms with E-state index in [0.29, 0.717) is 31.5 Å². The van der Waals surface area contributed by atoms with Crippen LogP contribution in [0, 0.1) is 29.1 Å². The van der Waals surface area contributed by atoms with E-state index >= 15 is 0 Å². The molecule has 8 unspecified atom stereocenters. The Bertz CT molecular complexity index is 973. The van der Waals surface area contributed by atoms with E-state index in [1.54, 1.807) is 11.9 Å². The van der Waals surface area contributed by atoms with Crippen molar-refractivity contribution in [3.05, 3.63) is 0 Å². The van der Waals surface area contributed by atoms with Crippen LogP contribution in [-0.4, -0.2) is 116 Å². The van der Waals surface area contributed by atoms with Crippen LogP contribution in [0.2, 0.25) is 0 Å². The van der Waals surface area contributed by atoms with Gasteiger partial charge in [0.2, 0.25) is 0 Å². The van der Waals surface area contributed by atoms with Gasteiger partial charge in [0.25, 0.3) is 0 Å². The quantitative estimate of drug-likeness (QED) is 0.293. The largest absolute Gasteiger partial charge is 0.522 e. The molecule has 0 bridgehead atoms. The highest BCUT2D eigenvalue weighted by atomic mass is 19.4. The highest BCUT2D eigenvalue weighted by Gasteiger charge is 2.54. The molecule has 4 aliphatic heterocycles. The van der Waals surface area contributed by atoms with Crippen LogP contribution in [0.5, 0.6) is 0 Å². The summed E-state index contributed by atoms with van der Waals surface area (Å²) >= 11 is 0. The van der Waals surface area contributed by atoms with Gasteiger partial charge in [-0.15, -0.1) is 13.2 Å². The van der Waals surface area contributed by atoms with Crippen molar-refractivity contribution < 1.29 is 31.1 Å². The lowest BCUT2D eigenvalue weighted by Gasteiger charge is -2.48. The topological polar surface area (TPSA) is 90.9 Å². The third-order valence-electron chi connectivity index (χ3n) is 10.7. The summed E-state index contributed by atoms with van der Waals surface area (Å²) in [5, 5.41) is 22.2. The number of hydrogen-bond donors (Lipinski definition) is 5. The van der Waals surface area contributed by atoms with Crippen LogP contribution >= 0.6 is 0 Å². The summed E-state index contributed by atoms with van der Waals surface area (Å²) in [7, 11) is 3.63. The minimum atomic E-state index is -4.71. The molecular weight excluding hydrogens is 566 g/mol. The van der Waals surface area contributed by atoms with Crippen LogP contribution in [0.1, 0.15) is 44.9 Å². The Labute approximate surface area is 242 Å². The molecule has 4 heterocycles. The van der Waals surface area contributed by atoms with Gasteiger partial charge < -0.3 is 15.1 Å². The van der Waals surface area contributed by atoms with Crippen molar-refractivity contribution in [3.63, 3.8) is 0 Å². The van der Waals surface area contributed by atoms with E-state index in [2.05, 4.69) is 26.0 Å². The average molecular weight is 611 g/mol. The van der Waals surface area contributed by atoms with Crippen LogP contribution in [0.4, 0.5) is 26.3 Å². The Kier molecular flexibility index (Phi) is 8.40. The zero-order valence-corrected chi connectivity index (χ0v) is 24.1. The van der Waals surface area contributed by atoms with Crippen molar-refractivity contribution in [1.29, 1.82) is 5.41 Å². The summed E-state index contributed by atoms with van der Waals surface area (Å²) in [5.74, 6) is 0.730. The van der Waals surface area contributed by atoms with E-state index in [0.717, 1.165) is 38.5 Å². The number of hydrogen-bond acceptors (Lipinski definition) is 7. The fourth-order valence-electron chi connectivity index (χ4n) is 8.36. The Balaban J connectivity index is 1.10. The van der Waals surface area contributed by atoms with E-state index in [4.69, 9.17) is 5.41 Å². The number of nitrogens with one attached hydrogen (secondary N) is 5. The molecule has 0 spiro atoms. The summed E-state index contributed by atoms with van der Waals surface area (Å²) in [5.41, 5.74) is 0. The molecule has 15 heteroatoms. The van der Waals surface area contributed by atoms with E-state index in [-0.39, 0.29) is 49.2 Å². The van der Waals surface area contributed by atoms with Crippen molar-refractivity contribution in [2.24, 2.45) is 23.7 Å². The monoisotopic (exact) mass is 610 g/mol. The summed E-state index contributed by atoms with van der Waals surface area (Å²) in [4.78, 5) is 5.75. The Morgan fingerprint density at radius 2 is 1.57 bits per heavy atom. The minimum absolute atomic E-state index is 0.0394. The molecule has 6 rings (SSSR count). The van der Waals surface area contributed by atoms with E-state index < -0.39 is 36.8 Å². The van der Waals surface area contributed by atoms with Crippen molar-refractivity contribution in [3.8, 4) is 0 Å². The molecule has 0 aromatic carbocycles. The number of ether oxygens (including phenoxy) is 1. The number of likely N-dealkylation sites (N-methyl/N-ethyl adjacent to an activating group) is 2. The van der Waals surface area contributed by atoms with Gasteiger partial charge in [0.05, 0.1) is 24.5 Å². The summed E-state index contributed by atoms with van der Waals surface area (Å²) in [6, 6.07) is -1.62. The van der Waals surface area contributed by atoms with Gasteiger partial charge >= 0.3 is 12.5 Å². The second-order valence-corrected chi connectivity index (χ2v) is 13.4. The number of halogens is 6. The molecule has 2 aliphatic carbocycles. The average Bonchev–Trinajstić information content (AvgIpc) is 3.65. The maximum atomic E-state index is 13.4. The molecule has 42 heavy (non-hydrogen) atoms. The highest BCUT2D eigenvalue weighted by Crippen LogP contribution is 2.42. The number of nitrogens with zero attached hydrogens (tertiary/aromatic N) is 3. The van der Waals surface area contributed by atoms with Crippen molar-refractivity contribution in [2.75, 3.05) is 40.3 Å². The standard InChI is InChI=1S/C27H44F6N8O/c1-39-13-19(26(28,29)30)37-23(39)16-5-3-14(4-6-16)12-41-24-17(40(2)25(41)34)11-36-22(38-24)20-18(42-27(31,32)33)9-10-35-21(20)15-7-8-15/h14-24,34-38H,3-13H2,1-2H3. The summed E-state index contributed by atoms with van der Waals surface area (Å²) < 4.78 is 84.7. The van der Waals surface area contributed by atoms with Gasteiger partial charge in [-0.2, -0.15) is 13.2 Å². The fourth-order valence-corrected chi connectivity index (χ4v) is 8.36. The van der Waals surface area contributed by atoms with Crippen molar-refractivity contribution >= 4 is 5.96 Å². The smallest absolute Gasteiger partial charge is 0.338 e. The molecule has 6 aliphatic rings. The first-order valence-corrected chi connectivity index (χ1v) is 15.4. The number of piperidine rings is 1. The molecule has 240 valence electrons. The molecule has 0 radical (unpaired) electrons. The highest BCUT2D eigenvalue weighted by molar-refractivity contribution is 5.80. The first kappa shape index (κ1) is 30.6. The molecule has 0 aromatic rings. The summed E-state index contributed by atoms with van der Waals surface area (Å²) in [6.45, 7) is 1.62. The normalized spacial score (nSPS) is 42.3. The van der Waals surface area contributed by atoms with Crippen LogP contribution in [0.25, 0.3) is 0 Å². The van der Waals surface area contributed by atoms with E-state index in [1.165, 1.54) is 0 Å². The number of rotatable bonds is 6. The second kappa shape index (κ2) is 11.5. The van der Waals surface area contributed by atoms with Crippen molar-refractivity contribution in [2.45, 2.75) is 100 Å². The van der Waals surface area contributed by atoms with Gasteiger partial charge in [-0.1, -0.05) is 0 Å². The predicted molar refractivity (Wildman–Crippen MR) is 143 cm³/mol. The molecule has 5 N–H and O–H groups in total. The van der Waals surface area contributed by atoms with Gasteiger partial charge in [-0.05, 0) is 76.3 Å². The van der Waals surface area contributed by atoms with Crippen molar-refractivity contribution in [1.82, 2.24) is 36.0 Å². The van der Waals surface area contributed by atoms with Crippen LogP contribution in [0.15, 0.2) is 0 Å². The molecule has 6 fully saturated rings. The lowest BCUT2D eigenvalue weighted by atomic mass is 9.80. The number of fused-ring (bicyclic) bond motifs is 1. The summed E-state index contributed by atoms with van der Waals surface area (Å²) in [6.07, 6.45) is -5.23. The first-order chi connectivity index (χ1) is 19.8. The van der Waals surface area contributed by atoms with Crippen LogP contribution < -0.4 is 21.3 Å². The Morgan fingerprint density at radius 1 is 0.881 bits per heavy atom. The van der Waals surface area contributed by atoms with Gasteiger partial charge in [0.15, 0.2) is 5.96 Å². The molecule has 0 aromatic heterocycles. The van der Waals surface area contributed by atoms with Crippen LogP contribution in [0.3, 0.4) is 0 Å². The fraction of sp³-hybridized carbons (Fsp3) is 0.963. The molecule has 8 atom stereocenters. The number of guanidine groups is 1. The maximum absolute atomic E-state index is 13.4. The SMILES string of the molecule is CN1CC(C(F)(F)F)NC1C1CCC(CN2C(=N)N(C)C3CNC(C4C(OC(F)(F)F)CCNC4C4CC4)NC32)CC1. The second-order valence-electron chi connectivity index (χ2n) is 13.4. The first-order valence-electron chi connectivity index (χ1n) is 15.4. The third-order valence-corrected chi connectivity index (χ3v) is 10.7. The molecule has 4 saturated heterocycles. The van der Waals surface area contributed by atoms with Gasteiger partial charge in [-0.25, -0.2) is 0 Å². The van der Waals surface area contributed by atoms with Gasteiger partial charge in [0.1, 0.15) is 12.2 Å². The number of alkyl halides is 6. The Morgan fingerprint density at radius 3 is 2.19 bits per heavy atom. The van der Waals surface area contributed by atoms with E-state index in [1.807, 2.05) is 16.8 Å².